The summed E-state index contributed by atoms with van der Waals surface area (Å²) in [4.78, 5) is 2.40. The van der Waals surface area contributed by atoms with Crippen LogP contribution in [0.5, 0.6) is 0 Å². The van der Waals surface area contributed by atoms with Crippen molar-refractivity contribution >= 4 is 33.9 Å². The second-order valence-corrected chi connectivity index (χ2v) is 18.0. The largest absolute Gasteiger partial charge is 0.313 e. The molecule has 71 heavy (non-hydrogen) atoms. The van der Waals surface area contributed by atoms with E-state index in [1.165, 1.54) is 89.0 Å². The Bertz CT molecular complexity index is 3510. The Morgan fingerprint density at radius 2 is 1.13 bits per heavy atom. The van der Waals surface area contributed by atoms with Crippen LogP contribution in [0.25, 0.3) is 67.2 Å². The van der Waals surface area contributed by atoms with Gasteiger partial charge in [-0.05, 0) is 153 Å². The Kier molecular flexibility index (Phi) is 14.1. The van der Waals surface area contributed by atoms with Gasteiger partial charge in [-0.1, -0.05) is 220 Å². The molecule has 0 saturated heterocycles. The Balaban J connectivity index is 1.05. The first-order valence-corrected chi connectivity index (χ1v) is 24.8. The summed E-state index contributed by atoms with van der Waals surface area (Å²) in [6.45, 7) is 8.18. The molecular weight excluding hydrogens is 857 g/mol. The van der Waals surface area contributed by atoms with Crippen molar-refractivity contribution < 1.29 is 0 Å². The lowest BCUT2D eigenvalue weighted by molar-refractivity contribution is 0.919. The highest BCUT2D eigenvalue weighted by atomic mass is 15.1. The number of allylic oxidation sites excluding steroid dienone is 6. The minimum absolute atomic E-state index is 0.794. The lowest BCUT2D eigenvalue weighted by Gasteiger charge is -2.26. The van der Waals surface area contributed by atoms with E-state index in [9.17, 15) is 0 Å². The van der Waals surface area contributed by atoms with Gasteiger partial charge in [0.15, 0.2) is 0 Å². The van der Waals surface area contributed by atoms with Crippen molar-refractivity contribution in [2.75, 3.05) is 4.90 Å². The van der Waals surface area contributed by atoms with Gasteiger partial charge in [0.05, 0.1) is 5.69 Å². The van der Waals surface area contributed by atoms with Crippen LogP contribution in [0.4, 0.5) is 17.1 Å². The summed E-state index contributed by atoms with van der Waals surface area (Å²) in [6, 6.07) is 82.2. The van der Waals surface area contributed by atoms with Gasteiger partial charge in [-0.2, -0.15) is 0 Å². The van der Waals surface area contributed by atoms with Crippen molar-refractivity contribution in [3.63, 3.8) is 0 Å². The normalized spacial score (nSPS) is 11.6. The molecule has 344 valence electrons. The van der Waals surface area contributed by atoms with E-state index >= 15 is 0 Å². The number of fused-ring (bicyclic) bond motifs is 1. The van der Waals surface area contributed by atoms with Crippen LogP contribution in [0, 0.1) is 0 Å². The van der Waals surface area contributed by atoms with Crippen molar-refractivity contribution in [2.45, 2.75) is 33.1 Å². The summed E-state index contributed by atoms with van der Waals surface area (Å²) in [5.74, 6) is 0. The fourth-order valence-corrected chi connectivity index (χ4v) is 10.0. The zero-order valence-electron chi connectivity index (χ0n) is 40.6. The van der Waals surface area contributed by atoms with Crippen molar-refractivity contribution in [3.05, 3.63) is 295 Å². The van der Waals surface area contributed by atoms with Crippen LogP contribution < -0.4 is 4.90 Å². The monoisotopic (exact) mass is 914 g/mol. The second-order valence-electron chi connectivity index (χ2n) is 18.0. The third-order valence-corrected chi connectivity index (χ3v) is 13.3. The summed E-state index contributed by atoms with van der Waals surface area (Å²) < 4.78 is 2.48. The molecule has 0 N–H and O–H groups in total. The number of anilines is 3. The maximum atomic E-state index is 3.81. The van der Waals surface area contributed by atoms with Crippen molar-refractivity contribution in [1.82, 2.24) is 4.57 Å². The standard InChI is InChI=1S/C69H58N2/c1-4-7-8-9-12-24-51-45-58(53-26-13-10-14-27-53)49-59(46-51)54-37-41-62(42-38-54)70(63-43-39-57(40-44-63)66-36-22-30-56-29-17-19-34-65(56)66)64-33-21-25-52(48-64)47-60-50-69(67-35-20-18-28-55(67)23-5-2)71(68(60)6-3)61-31-15-11-16-32-61/h4-5,7-23,25-46,48-50H,1,6,24,47H2,2-3H3/b8-7-,12-9-,23-5-. The summed E-state index contributed by atoms with van der Waals surface area (Å²) >= 11 is 0. The topological polar surface area (TPSA) is 8.17 Å². The number of rotatable bonds is 16. The molecule has 2 nitrogen and oxygen atoms in total. The fourth-order valence-electron chi connectivity index (χ4n) is 10.0. The molecule has 0 amide bonds. The SMILES string of the molecule is C=C/C=C\C=C/Cc1cc(-c2ccccc2)cc(-c2ccc(N(c3ccc(-c4cccc5ccccc45)cc3)c3cccc(Cc4cc(-c5ccccc5/C=C\C)n(-c5ccccc5)c4CC)c3)cc2)c1. The van der Waals surface area contributed by atoms with E-state index in [-0.39, 0.29) is 0 Å². The van der Waals surface area contributed by atoms with Crippen molar-refractivity contribution in [1.29, 1.82) is 0 Å². The Morgan fingerprint density at radius 1 is 0.493 bits per heavy atom. The average molecular weight is 915 g/mol. The van der Waals surface area contributed by atoms with Crippen LogP contribution >= 0.6 is 0 Å². The molecule has 0 unspecified atom stereocenters. The van der Waals surface area contributed by atoms with E-state index in [1.807, 2.05) is 12.2 Å². The maximum Gasteiger partial charge on any atom is 0.0540 e. The molecule has 1 heterocycles. The van der Waals surface area contributed by atoms with Gasteiger partial charge in [-0.3, -0.25) is 0 Å². The number of nitrogens with zero attached hydrogens (tertiary/aromatic N) is 2. The Morgan fingerprint density at radius 3 is 1.86 bits per heavy atom. The molecule has 0 saturated carbocycles. The van der Waals surface area contributed by atoms with Gasteiger partial charge in [-0.15, -0.1) is 0 Å². The van der Waals surface area contributed by atoms with E-state index in [2.05, 4.69) is 279 Å². The highest BCUT2D eigenvalue weighted by molar-refractivity contribution is 5.97. The van der Waals surface area contributed by atoms with E-state index < -0.39 is 0 Å². The lowest BCUT2D eigenvalue weighted by Crippen LogP contribution is -2.10. The van der Waals surface area contributed by atoms with Gasteiger partial charge in [0.25, 0.3) is 0 Å². The van der Waals surface area contributed by atoms with Gasteiger partial charge in [0.1, 0.15) is 0 Å². The van der Waals surface area contributed by atoms with Crippen LogP contribution in [-0.2, 0) is 19.3 Å². The molecule has 2 heteroatoms. The van der Waals surface area contributed by atoms with Crippen LogP contribution in [0.2, 0.25) is 0 Å². The van der Waals surface area contributed by atoms with Crippen LogP contribution in [0.1, 0.15) is 41.8 Å². The molecule has 0 aliphatic heterocycles. The van der Waals surface area contributed by atoms with Crippen LogP contribution in [-0.4, -0.2) is 4.57 Å². The summed E-state index contributed by atoms with van der Waals surface area (Å²) in [5, 5.41) is 2.49. The highest BCUT2D eigenvalue weighted by Crippen LogP contribution is 2.40. The van der Waals surface area contributed by atoms with Gasteiger partial charge < -0.3 is 9.47 Å². The molecule has 9 aromatic carbocycles. The summed E-state index contributed by atoms with van der Waals surface area (Å²) in [7, 11) is 0. The van der Waals surface area contributed by atoms with Crippen LogP contribution in [0.3, 0.4) is 0 Å². The van der Waals surface area contributed by atoms with Crippen molar-refractivity contribution in [3.8, 4) is 50.3 Å². The smallest absolute Gasteiger partial charge is 0.0540 e. The molecule has 0 radical (unpaired) electrons. The van der Waals surface area contributed by atoms with E-state index in [0.29, 0.717) is 0 Å². The van der Waals surface area contributed by atoms with E-state index in [4.69, 9.17) is 0 Å². The number of aromatic nitrogens is 1. The van der Waals surface area contributed by atoms with Gasteiger partial charge in [0.2, 0.25) is 0 Å². The fraction of sp³-hybridized carbons (Fsp3) is 0.0725. The number of para-hydroxylation sites is 1. The zero-order chi connectivity index (χ0) is 48.4. The van der Waals surface area contributed by atoms with E-state index in [0.717, 1.165) is 36.3 Å². The zero-order valence-corrected chi connectivity index (χ0v) is 40.6. The molecule has 10 aromatic rings. The van der Waals surface area contributed by atoms with Crippen LogP contribution in [0.15, 0.2) is 267 Å². The number of benzene rings is 9. The first kappa shape index (κ1) is 46.0. The first-order chi connectivity index (χ1) is 35.1. The molecule has 0 aliphatic carbocycles. The third-order valence-electron chi connectivity index (χ3n) is 13.3. The Labute approximate surface area is 420 Å². The minimum Gasteiger partial charge on any atom is -0.313 e. The summed E-state index contributed by atoms with van der Waals surface area (Å²) in [6.07, 6.45) is 16.9. The molecule has 0 atom stereocenters. The number of hydrogen-bond donors (Lipinski definition) is 0. The minimum atomic E-state index is 0.794. The Hall–Kier alpha value is -8.72. The average Bonchev–Trinajstić information content (AvgIpc) is 3.79. The highest BCUT2D eigenvalue weighted by Gasteiger charge is 2.20. The molecular formula is C69H58N2. The van der Waals surface area contributed by atoms with E-state index in [1.54, 1.807) is 6.08 Å². The van der Waals surface area contributed by atoms with Gasteiger partial charge >= 0.3 is 0 Å². The predicted octanol–water partition coefficient (Wildman–Crippen LogP) is 18.8. The van der Waals surface area contributed by atoms with Gasteiger partial charge in [0, 0.05) is 34.0 Å². The molecule has 0 bridgehead atoms. The molecule has 0 aliphatic rings. The lowest BCUT2D eigenvalue weighted by atomic mass is 9.94. The molecule has 10 rings (SSSR count). The quantitative estimate of drug-likeness (QED) is 0.0877. The second kappa shape index (κ2) is 21.7. The first-order valence-electron chi connectivity index (χ1n) is 24.8. The van der Waals surface area contributed by atoms with Crippen molar-refractivity contribution in [2.24, 2.45) is 0 Å². The third kappa shape index (κ3) is 10.2. The maximum absolute atomic E-state index is 3.81. The molecule has 0 fully saturated rings. The van der Waals surface area contributed by atoms with Gasteiger partial charge in [-0.25, -0.2) is 0 Å². The predicted molar refractivity (Wildman–Crippen MR) is 305 cm³/mol. The number of hydrogen-bond acceptors (Lipinski definition) is 1. The molecule has 1 aromatic heterocycles. The summed E-state index contributed by atoms with van der Waals surface area (Å²) in [5.41, 5.74) is 20.5. The molecule has 0 spiro atoms.